The maximum absolute atomic E-state index is 14.1. The predicted octanol–water partition coefficient (Wildman–Crippen LogP) is 2.19. The number of halogens is 2. The first-order valence-corrected chi connectivity index (χ1v) is 5.53. The van der Waals surface area contributed by atoms with Crippen LogP contribution >= 0.6 is 11.6 Å². The van der Waals surface area contributed by atoms with E-state index in [2.05, 4.69) is 5.10 Å². The summed E-state index contributed by atoms with van der Waals surface area (Å²) >= 11 is 5.82. The Morgan fingerprint density at radius 3 is 2.89 bits per heavy atom. The third kappa shape index (κ3) is 1.49. The molecule has 7 heteroatoms. The van der Waals surface area contributed by atoms with Gasteiger partial charge >= 0.3 is 0 Å². The molecular weight excluding hydrogens is 261 g/mol. The molecule has 1 aliphatic rings. The molecule has 2 heterocycles. The van der Waals surface area contributed by atoms with Crippen molar-refractivity contribution in [1.29, 1.82) is 0 Å². The molecule has 1 aromatic heterocycles. The largest absolute Gasteiger partial charge is 0.454 e. The average molecular weight is 270 g/mol. The Kier molecular flexibility index (Phi) is 2.34. The first-order chi connectivity index (χ1) is 8.58. The average Bonchev–Trinajstić information content (AvgIpc) is 2.88. The van der Waals surface area contributed by atoms with Gasteiger partial charge in [-0.1, -0.05) is 11.6 Å². The molecule has 0 aliphatic carbocycles. The highest BCUT2D eigenvalue weighted by atomic mass is 35.5. The Bertz CT molecular complexity index is 622. The van der Waals surface area contributed by atoms with Crippen LogP contribution in [0.1, 0.15) is 0 Å². The molecule has 0 saturated heterocycles. The summed E-state index contributed by atoms with van der Waals surface area (Å²) in [4.78, 5) is 0. The standard InChI is InChI=1S/C11H9ClFN3O2/c1-16-8(14)3-6(15-16)9-10(13)5(12)2-7-11(9)18-4-17-7/h2-3H,4,14H2,1H3. The Labute approximate surface area is 107 Å². The van der Waals surface area contributed by atoms with E-state index in [4.69, 9.17) is 26.8 Å². The van der Waals surface area contributed by atoms with Crippen LogP contribution < -0.4 is 15.2 Å². The van der Waals surface area contributed by atoms with Gasteiger partial charge in [0.2, 0.25) is 6.79 Å². The molecule has 0 saturated carbocycles. The lowest BCUT2D eigenvalue weighted by Gasteiger charge is -2.06. The van der Waals surface area contributed by atoms with Crippen molar-refractivity contribution in [2.75, 3.05) is 12.5 Å². The van der Waals surface area contributed by atoms with Crippen molar-refractivity contribution in [2.24, 2.45) is 7.05 Å². The number of ether oxygens (including phenoxy) is 2. The van der Waals surface area contributed by atoms with Crippen molar-refractivity contribution in [1.82, 2.24) is 9.78 Å². The van der Waals surface area contributed by atoms with Gasteiger partial charge < -0.3 is 15.2 Å². The number of rotatable bonds is 1. The molecule has 0 radical (unpaired) electrons. The van der Waals surface area contributed by atoms with Crippen LogP contribution in [-0.2, 0) is 7.05 Å². The Morgan fingerprint density at radius 1 is 1.44 bits per heavy atom. The number of hydrogen-bond acceptors (Lipinski definition) is 4. The van der Waals surface area contributed by atoms with Gasteiger partial charge in [0.15, 0.2) is 17.3 Å². The summed E-state index contributed by atoms with van der Waals surface area (Å²) in [7, 11) is 1.67. The highest BCUT2D eigenvalue weighted by molar-refractivity contribution is 6.31. The molecule has 2 aromatic rings. The summed E-state index contributed by atoms with van der Waals surface area (Å²) in [6, 6.07) is 2.94. The van der Waals surface area contributed by atoms with Gasteiger partial charge in [-0.3, -0.25) is 4.68 Å². The number of aryl methyl sites for hydroxylation is 1. The summed E-state index contributed by atoms with van der Waals surface area (Å²) in [6.07, 6.45) is 0. The predicted molar refractivity (Wildman–Crippen MR) is 64.1 cm³/mol. The molecule has 5 nitrogen and oxygen atoms in total. The first kappa shape index (κ1) is 11.2. The number of aromatic nitrogens is 2. The van der Waals surface area contributed by atoms with Crippen LogP contribution in [0.15, 0.2) is 12.1 Å². The number of fused-ring (bicyclic) bond motifs is 1. The molecular formula is C11H9ClFN3O2. The van der Waals surface area contributed by atoms with E-state index in [1.165, 1.54) is 10.7 Å². The number of benzene rings is 1. The zero-order chi connectivity index (χ0) is 12.9. The number of anilines is 1. The number of nitrogen functional groups attached to an aromatic ring is 1. The minimum absolute atomic E-state index is 0.0322. The van der Waals surface area contributed by atoms with Crippen LogP contribution in [0.4, 0.5) is 10.2 Å². The van der Waals surface area contributed by atoms with Crippen molar-refractivity contribution in [3.05, 3.63) is 23.0 Å². The maximum Gasteiger partial charge on any atom is 0.231 e. The summed E-state index contributed by atoms with van der Waals surface area (Å²) in [5.41, 5.74) is 6.21. The van der Waals surface area contributed by atoms with Crippen molar-refractivity contribution in [3.63, 3.8) is 0 Å². The summed E-state index contributed by atoms with van der Waals surface area (Å²) in [6.45, 7) is 0.0322. The molecule has 1 aliphatic heterocycles. The molecule has 0 atom stereocenters. The molecule has 94 valence electrons. The zero-order valence-electron chi connectivity index (χ0n) is 9.41. The van der Waals surface area contributed by atoms with E-state index in [1.54, 1.807) is 13.1 Å². The lowest BCUT2D eigenvalue weighted by Crippen LogP contribution is -1.97. The fourth-order valence-electron chi connectivity index (χ4n) is 1.82. The summed E-state index contributed by atoms with van der Waals surface area (Å²) in [5.74, 6) is 0.520. The summed E-state index contributed by atoms with van der Waals surface area (Å²) < 4.78 is 26.0. The molecule has 3 rings (SSSR count). The molecule has 0 bridgehead atoms. The minimum Gasteiger partial charge on any atom is -0.454 e. The van der Waals surface area contributed by atoms with Crippen LogP contribution in [0.5, 0.6) is 11.5 Å². The van der Waals surface area contributed by atoms with Crippen LogP contribution in [0.25, 0.3) is 11.3 Å². The van der Waals surface area contributed by atoms with Crippen LogP contribution in [0, 0.1) is 5.82 Å². The highest BCUT2D eigenvalue weighted by Gasteiger charge is 2.26. The van der Waals surface area contributed by atoms with Crippen LogP contribution in [-0.4, -0.2) is 16.6 Å². The van der Waals surface area contributed by atoms with E-state index >= 15 is 0 Å². The fraction of sp³-hybridized carbons (Fsp3) is 0.182. The fourth-order valence-corrected chi connectivity index (χ4v) is 2.01. The quantitative estimate of drug-likeness (QED) is 0.862. The van der Waals surface area contributed by atoms with Gasteiger partial charge in [-0.25, -0.2) is 4.39 Å². The van der Waals surface area contributed by atoms with Gasteiger partial charge in [-0.05, 0) is 0 Å². The molecule has 2 N–H and O–H groups in total. The molecule has 0 spiro atoms. The van der Waals surface area contributed by atoms with Crippen molar-refractivity contribution in [3.8, 4) is 22.8 Å². The third-order valence-electron chi connectivity index (χ3n) is 2.73. The SMILES string of the molecule is Cn1nc(-c2c(F)c(Cl)cc3c2OCO3)cc1N. The minimum atomic E-state index is -0.598. The van der Waals surface area contributed by atoms with Crippen molar-refractivity contribution in [2.45, 2.75) is 0 Å². The second-order valence-corrected chi connectivity index (χ2v) is 4.27. The van der Waals surface area contributed by atoms with Gasteiger partial charge in [0.25, 0.3) is 0 Å². The smallest absolute Gasteiger partial charge is 0.231 e. The highest BCUT2D eigenvalue weighted by Crippen LogP contribution is 2.45. The van der Waals surface area contributed by atoms with E-state index in [0.717, 1.165) is 0 Å². The van der Waals surface area contributed by atoms with E-state index in [1.807, 2.05) is 0 Å². The van der Waals surface area contributed by atoms with Crippen LogP contribution in [0.3, 0.4) is 0 Å². The topological polar surface area (TPSA) is 62.3 Å². The number of hydrogen-bond donors (Lipinski definition) is 1. The molecule has 0 amide bonds. The first-order valence-electron chi connectivity index (χ1n) is 5.15. The number of nitrogens with two attached hydrogens (primary N) is 1. The second-order valence-electron chi connectivity index (χ2n) is 3.86. The Morgan fingerprint density at radius 2 is 2.22 bits per heavy atom. The molecule has 0 unspecified atom stereocenters. The lowest BCUT2D eigenvalue weighted by molar-refractivity contribution is 0.174. The van der Waals surface area contributed by atoms with Gasteiger partial charge in [0.05, 0.1) is 10.6 Å². The van der Waals surface area contributed by atoms with Gasteiger partial charge in [-0.2, -0.15) is 5.10 Å². The van der Waals surface area contributed by atoms with Crippen molar-refractivity contribution >= 4 is 17.4 Å². The van der Waals surface area contributed by atoms with Gasteiger partial charge in [-0.15, -0.1) is 0 Å². The van der Waals surface area contributed by atoms with Crippen LogP contribution in [0.2, 0.25) is 5.02 Å². The monoisotopic (exact) mass is 269 g/mol. The Hall–Kier alpha value is -1.95. The lowest BCUT2D eigenvalue weighted by atomic mass is 10.1. The van der Waals surface area contributed by atoms with Gasteiger partial charge in [0.1, 0.15) is 11.5 Å². The van der Waals surface area contributed by atoms with E-state index in [-0.39, 0.29) is 17.4 Å². The van der Waals surface area contributed by atoms with E-state index in [0.29, 0.717) is 23.0 Å². The maximum atomic E-state index is 14.1. The molecule has 1 aromatic carbocycles. The normalized spacial score (nSPS) is 13.1. The second kappa shape index (κ2) is 3.78. The zero-order valence-corrected chi connectivity index (χ0v) is 10.2. The van der Waals surface area contributed by atoms with E-state index < -0.39 is 5.82 Å². The Balaban J connectivity index is 2.28. The van der Waals surface area contributed by atoms with E-state index in [9.17, 15) is 4.39 Å². The van der Waals surface area contributed by atoms with Gasteiger partial charge in [0, 0.05) is 19.2 Å². The molecule has 0 fully saturated rings. The summed E-state index contributed by atoms with van der Waals surface area (Å²) in [5, 5.41) is 4.07. The van der Waals surface area contributed by atoms with Crippen molar-refractivity contribution < 1.29 is 13.9 Å². The number of nitrogens with zero attached hydrogens (tertiary/aromatic N) is 2. The molecule has 18 heavy (non-hydrogen) atoms. The third-order valence-corrected chi connectivity index (χ3v) is 3.00.